The molecule has 2 bridgehead atoms. The van der Waals surface area contributed by atoms with Crippen LogP contribution in [0.4, 0.5) is 0 Å². The van der Waals surface area contributed by atoms with Crippen LogP contribution in [-0.2, 0) is 80.4 Å². The molecular weight excluding hydrogens is 616 g/mol. The van der Waals surface area contributed by atoms with E-state index in [2.05, 4.69) is 0 Å². The number of rotatable bonds is 10. The highest BCUT2D eigenvalue weighted by molar-refractivity contribution is 7.95. The fraction of sp³-hybridized carbons (Fsp3) is 0.731. The van der Waals surface area contributed by atoms with E-state index in [1.807, 2.05) is 0 Å². The molecule has 4 aliphatic heterocycles. The Hall–Kier alpha value is -3.48. The van der Waals surface area contributed by atoms with E-state index in [-0.39, 0.29) is 6.61 Å². The van der Waals surface area contributed by atoms with Crippen molar-refractivity contribution in [1.29, 1.82) is 0 Å². The fourth-order valence-electron chi connectivity index (χ4n) is 5.10. The van der Waals surface area contributed by atoms with Crippen molar-refractivity contribution in [2.75, 3.05) is 13.2 Å². The molecule has 10 atom stereocenters. The van der Waals surface area contributed by atoms with Gasteiger partial charge in [0.25, 0.3) is 5.79 Å². The van der Waals surface area contributed by atoms with Gasteiger partial charge in [-0.05, 0) is 0 Å². The van der Waals surface area contributed by atoms with Crippen LogP contribution in [0, 0.1) is 0 Å². The Morgan fingerprint density at radius 2 is 1.02 bits per heavy atom. The van der Waals surface area contributed by atoms with Crippen LogP contribution in [0.3, 0.4) is 0 Å². The van der Waals surface area contributed by atoms with E-state index in [0.717, 1.165) is 60.5 Å². The van der Waals surface area contributed by atoms with Crippen LogP contribution in [-0.4, -0.2) is 115 Å². The first kappa shape index (κ1) is 35.0. The number of hydrogen-bond donors (Lipinski definition) is 0. The zero-order chi connectivity index (χ0) is 32.9. The Morgan fingerprint density at radius 3 is 1.52 bits per heavy atom. The third-order valence-electron chi connectivity index (χ3n) is 6.44. The average molecular weight is 651 g/mol. The molecule has 17 nitrogen and oxygen atoms in total. The van der Waals surface area contributed by atoms with Gasteiger partial charge >= 0.3 is 41.8 Å². The first-order chi connectivity index (χ1) is 20.5. The van der Waals surface area contributed by atoms with Crippen molar-refractivity contribution in [2.24, 2.45) is 0 Å². The minimum Gasteiger partial charge on any atom is -0.463 e. The Kier molecular flexibility index (Phi) is 11.6. The van der Waals surface area contributed by atoms with Gasteiger partial charge in [-0.1, -0.05) is 0 Å². The molecule has 246 valence electrons. The van der Waals surface area contributed by atoms with E-state index < -0.39 is 108 Å². The SMILES string of the molecule is CC(=O)OC[C@H]1O[C@@H]([C@]23OS[C@@H]([C@H](OC(C)=O)[C@H]2OC(C)=O)[C@@H](COC(C)=O)O3)[C@@H](OC(C)=O)[C@@H](OC(C)=O)[C@@H]1OC(C)=O. The van der Waals surface area contributed by atoms with Crippen molar-refractivity contribution in [3.8, 4) is 0 Å². The fourth-order valence-corrected chi connectivity index (χ4v) is 6.16. The number of fused-ring (bicyclic) bond motifs is 3. The van der Waals surface area contributed by atoms with Crippen LogP contribution in [0.2, 0.25) is 0 Å². The molecule has 18 heteroatoms. The lowest BCUT2D eigenvalue weighted by Gasteiger charge is -2.59. The number of hydrogen-bond acceptors (Lipinski definition) is 18. The smallest absolute Gasteiger partial charge is 0.303 e. The second kappa shape index (κ2) is 14.5. The second-order valence-corrected chi connectivity index (χ2v) is 11.0. The van der Waals surface area contributed by atoms with Crippen molar-refractivity contribution in [3.63, 3.8) is 0 Å². The largest absolute Gasteiger partial charge is 0.463 e. The molecule has 4 aliphatic rings. The van der Waals surface area contributed by atoms with E-state index in [0.29, 0.717) is 0 Å². The molecule has 0 unspecified atom stereocenters. The number of carbonyl (C=O) groups excluding carboxylic acids is 7. The lowest BCUT2D eigenvalue weighted by molar-refractivity contribution is -0.388. The van der Waals surface area contributed by atoms with Gasteiger partial charge in [0.15, 0.2) is 36.6 Å². The minimum absolute atomic E-state index is 0.381. The molecule has 0 amide bonds. The zero-order valence-corrected chi connectivity index (χ0v) is 25.8. The molecule has 0 spiro atoms. The lowest BCUT2D eigenvalue weighted by atomic mass is 9.83. The molecule has 4 heterocycles. The van der Waals surface area contributed by atoms with Gasteiger partial charge < -0.3 is 42.6 Å². The maximum absolute atomic E-state index is 12.4. The molecule has 44 heavy (non-hydrogen) atoms. The first-order valence-corrected chi connectivity index (χ1v) is 14.2. The third kappa shape index (κ3) is 8.16. The van der Waals surface area contributed by atoms with E-state index in [1.54, 1.807) is 0 Å². The molecule has 0 saturated carbocycles. The predicted octanol–water partition coefficient (Wildman–Crippen LogP) is -0.319. The first-order valence-electron chi connectivity index (χ1n) is 13.4. The summed E-state index contributed by atoms with van der Waals surface area (Å²) in [6, 6.07) is 0. The Bertz CT molecular complexity index is 1160. The number of carbonyl (C=O) groups is 7. The molecule has 0 aromatic carbocycles. The number of ether oxygens (including phenoxy) is 9. The summed E-state index contributed by atoms with van der Waals surface area (Å²) in [6.07, 6.45) is -11.9. The summed E-state index contributed by atoms with van der Waals surface area (Å²) >= 11 is 0.729. The predicted molar refractivity (Wildman–Crippen MR) is 140 cm³/mol. The third-order valence-corrected chi connectivity index (χ3v) is 7.59. The minimum atomic E-state index is -2.33. The molecule has 0 radical (unpaired) electrons. The van der Waals surface area contributed by atoms with Crippen LogP contribution >= 0.6 is 12.0 Å². The van der Waals surface area contributed by atoms with Crippen LogP contribution in [0.15, 0.2) is 0 Å². The summed E-state index contributed by atoms with van der Waals surface area (Å²) in [5.74, 6) is -8.02. The summed E-state index contributed by atoms with van der Waals surface area (Å²) in [5, 5.41) is -0.907. The standard InChI is InChI=1S/C26H34O17S/c1-10(27)34-8-17-19(36-12(3)29)20(37-13(4)30)21(38-14(5)31)24(41-17)26-25(40-16(7)33)22(39-15(6)32)23(44-43-26)18(42-26)9-35-11(2)28/h17-25H,8-9H2,1-7H3/t17-,18-,19-,20+,21+,22+,23-,24-,25-,26+/m1/s1. The van der Waals surface area contributed by atoms with Crippen molar-refractivity contribution in [2.45, 2.75) is 108 Å². The maximum Gasteiger partial charge on any atom is 0.303 e. The van der Waals surface area contributed by atoms with Gasteiger partial charge in [-0.3, -0.25) is 37.7 Å². The topological polar surface area (TPSA) is 212 Å². The summed E-state index contributed by atoms with van der Waals surface area (Å²) in [6.45, 7) is 6.64. The highest BCUT2D eigenvalue weighted by Gasteiger charge is 2.72. The van der Waals surface area contributed by atoms with Gasteiger partial charge in [-0.2, -0.15) is 0 Å². The van der Waals surface area contributed by atoms with Crippen LogP contribution < -0.4 is 0 Å². The molecule has 0 aromatic heterocycles. The van der Waals surface area contributed by atoms with Crippen molar-refractivity contribution in [1.82, 2.24) is 0 Å². The van der Waals surface area contributed by atoms with E-state index in [1.165, 1.54) is 0 Å². The van der Waals surface area contributed by atoms with Crippen molar-refractivity contribution in [3.05, 3.63) is 0 Å². The van der Waals surface area contributed by atoms with Crippen LogP contribution in [0.1, 0.15) is 48.5 Å². The molecule has 4 saturated heterocycles. The summed E-state index contributed by atoms with van der Waals surface area (Å²) in [5.41, 5.74) is 0. The van der Waals surface area contributed by atoms with Gasteiger partial charge in [0.1, 0.15) is 30.7 Å². The van der Waals surface area contributed by atoms with Gasteiger partial charge in [0.05, 0.1) is 0 Å². The van der Waals surface area contributed by atoms with Gasteiger partial charge in [-0.25, -0.2) is 0 Å². The van der Waals surface area contributed by atoms with Crippen LogP contribution in [0.5, 0.6) is 0 Å². The van der Waals surface area contributed by atoms with E-state index in [4.69, 9.17) is 46.8 Å². The monoisotopic (exact) mass is 650 g/mol. The van der Waals surface area contributed by atoms with Crippen molar-refractivity contribution >= 4 is 53.8 Å². The van der Waals surface area contributed by atoms with E-state index >= 15 is 0 Å². The van der Waals surface area contributed by atoms with Crippen LogP contribution in [0.25, 0.3) is 0 Å². The summed E-state index contributed by atoms with van der Waals surface area (Å²) in [7, 11) is 0. The Balaban J connectivity index is 2.25. The highest BCUT2D eigenvalue weighted by Crippen LogP contribution is 2.53. The number of esters is 7. The van der Waals surface area contributed by atoms with Gasteiger partial charge in [-0.15, -0.1) is 0 Å². The molecule has 4 fully saturated rings. The maximum atomic E-state index is 12.4. The molecule has 0 aromatic rings. The quantitative estimate of drug-likeness (QED) is 0.168. The normalized spacial score (nSPS) is 34.1. The average Bonchev–Trinajstić information content (AvgIpc) is 2.89. The second-order valence-electron chi connectivity index (χ2n) is 10.0. The Morgan fingerprint density at radius 1 is 0.568 bits per heavy atom. The lowest BCUT2D eigenvalue weighted by Crippen LogP contribution is -2.79. The van der Waals surface area contributed by atoms with Gasteiger partial charge in [0.2, 0.25) is 0 Å². The van der Waals surface area contributed by atoms with E-state index in [9.17, 15) is 33.6 Å². The zero-order valence-electron chi connectivity index (χ0n) is 25.0. The molecule has 0 N–H and O–H groups in total. The van der Waals surface area contributed by atoms with Crippen molar-refractivity contribution < 1.29 is 80.4 Å². The Labute approximate surface area is 255 Å². The summed E-state index contributed by atoms with van der Waals surface area (Å²) < 4.78 is 56.4. The summed E-state index contributed by atoms with van der Waals surface area (Å²) in [4.78, 5) is 84.8. The van der Waals surface area contributed by atoms with Gasteiger partial charge in [0, 0.05) is 60.5 Å². The highest BCUT2D eigenvalue weighted by atomic mass is 32.2. The molecule has 0 aliphatic carbocycles. The molecular formula is C26H34O17S. The molecule has 4 rings (SSSR count).